The summed E-state index contributed by atoms with van der Waals surface area (Å²) in [6, 6.07) is 31.5. The minimum absolute atomic E-state index is 0.295. The van der Waals surface area contributed by atoms with E-state index in [9.17, 15) is 17.8 Å². The van der Waals surface area contributed by atoms with Crippen molar-refractivity contribution in [2.24, 2.45) is 5.11 Å². The van der Waals surface area contributed by atoms with Gasteiger partial charge in [-0.15, -0.1) is 0 Å². The Morgan fingerprint density at radius 3 is 2.29 bits per heavy atom. The largest absolute Gasteiger partial charge is 0.748 e. The average Bonchev–Trinajstić information content (AvgIpc) is 3.75. The zero-order chi connectivity index (χ0) is 53.1. The molecule has 2 heterocycles. The van der Waals surface area contributed by atoms with E-state index in [-0.39, 0.29) is 16.6 Å². The highest BCUT2D eigenvalue weighted by atomic mass is 32.2. The lowest BCUT2D eigenvalue weighted by molar-refractivity contribution is -0.438. The van der Waals surface area contributed by atoms with Gasteiger partial charge in [-0.25, -0.2) is 13.2 Å². The summed E-state index contributed by atoms with van der Waals surface area (Å²) in [4.78, 5) is 17.5. The van der Waals surface area contributed by atoms with Gasteiger partial charge in [0.2, 0.25) is 5.69 Å². The Morgan fingerprint density at radius 1 is 0.787 bits per heavy atom. The van der Waals surface area contributed by atoms with Crippen LogP contribution in [0.3, 0.4) is 0 Å². The van der Waals surface area contributed by atoms with Crippen molar-refractivity contribution in [1.82, 2.24) is 5.32 Å². The first-order valence-corrected chi connectivity index (χ1v) is 28.1. The number of allylic oxidation sites excluding steroid dienone is 7. The molecule has 0 saturated carbocycles. The average molecular weight is 1040 g/mol. The molecule has 400 valence electrons. The molecule has 1 aliphatic carbocycles. The van der Waals surface area contributed by atoms with Crippen molar-refractivity contribution in [3.8, 4) is 5.75 Å². The zero-order valence-electron chi connectivity index (χ0n) is 44.1. The number of amides is 1. The van der Waals surface area contributed by atoms with Crippen LogP contribution in [0.15, 0.2) is 143 Å². The molecule has 0 unspecified atom stereocenters. The number of hydrogen-bond donors (Lipinski definition) is 1. The van der Waals surface area contributed by atoms with Gasteiger partial charge in [0.15, 0.2) is 5.71 Å². The number of anilines is 1. The lowest BCUT2D eigenvalue weighted by Crippen LogP contribution is -2.28. The van der Waals surface area contributed by atoms with E-state index in [0.29, 0.717) is 78.7 Å². The van der Waals surface area contributed by atoms with E-state index in [1.807, 2.05) is 36.4 Å². The lowest BCUT2D eigenvalue weighted by Gasteiger charge is -2.28. The number of azide groups is 1. The first-order valence-electron chi connectivity index (χ1n) is 26.5. The Bertz CT molecular complexity index is 2900. The van der Waals surface area contributed by atoms with Crippen molar-refractivity contribution in [3.63, 3.8) is 0 Å². The molecule has 0 atom stereocenters. The lowest BCUT2D eigenvalue weighted by atomic mass is 9.80. The topological polar surface area (TPSA) is 187 Å². The molecule has 75 heavy (non-hydrogen) atoms. The highest BCUT2D eigenvalue weighted by molar-refractivity contribution is 7.85. The number of benzene rings is 4. The summed E-state index contributed by atoms with van der Waals surface area (Å²) >= 11 is 0. The highest BCUT2D eigenvalue weighted by Crippen LogP contribution is 2.51. The zero-order valence-corrected chi connectivity index (χ0v) is 45.0. The van der Waals surface area contributed by atoms with Gasteiger partial charge in [0.05, 0.1) is 61.8 Å². The van der Waals surface area contributed by atoms with Gasteiger partial charge in [0.25, 0.3) is 0 Å². The molecule has 0 radical (unpaired) electrons. The first-order chi connectivity index (χ1) is 36.3. The van der Waals surface area contributed by atoms with E-state index in [2.05, 4.69) is 131 Å². The number of nitrogens with one attached hydrogen (secondary N) is 1. The summed E-state index contributed by atoms with van der Waals surface area (Å²) in [6.07, 6.45) is 15.7. The van der Waals surface area contributed by atoms with Gasteiger partial charge in [-0.2, -0.15) is 4.58 Å². The predicted octanol–water partition coefficient (Wildman–Crippen LogP) is 11.9. The van der Waals surface area contributed by atoms with Crippen molar-refractivity contribution in [2.45, 2.75) is 96.3 Å². The molecule has 7 rings (SSSR count). The molecule has 1 N–H and O–H groups in total. The Labute approximate surface area is 443 Å². The number of hydrogen-bond acceptors (Lipinski definition) is 11. The van der Waals surface area contributed by atoms with Gasteiger partial charge < -0.3 is 38.5 Å². The molecule has 3 aliphatic rings. The number of rotatable bonds is 29. The number of nitrogens with zero attached hydrogens (tertiary/aromatic N) is 5. The van der Waals surface area contributed by atoms with E-state index in [0.717, 1.165) is 85.5 Å². The van der Waals surface area contributed by atoms with Gasteiger partial charge >= 0.3 is 6.09 Å². The summed E-state index contributed by atoms with van der Waals surface area (Å²) in [5, 5.41) is 8.63. The Kier molecular flexibility index (Phi) is 20.7. The third kappa shape index (κ3) is 15.4. The number of fused-ring (bicyclic) bond motifs is 4. The van der Waals surface area contributed by atoms with Crippen LogP contribution in [0.25, 0.3) is 21.2 Å². The normalized spacial score (nSPS) is 17.0. The Morgan fingerprint density at radius 2 is 1.51 bits per heavy atom. The van der Waals surface area contributed by atoms with Gasteiger partial charge in [-0.1, -0.05) is 98.2 Å². The second-order valence-corrected chi connectivity index (χ2v) is 21.6. The maximum atomic E-state index is 12.3. The number of para-hydroxylation sites is 2. The SMILES string of the molecule is CC1(C)C(/C=C/C2=C(Oc3ccccc3)C(=C/C=C3\N(CCCCCCOC(=O)NCCOCCOCCOCCN=[N+]=[N-])c4ccc5ccccc5c4C3(C)C)/CCC2)=[N+](CCCCS(=O)(=O)[O-])c2ccccc21. The van der Waals surface area contributed by atoms with E-state index < -0.39 is 16.2 Å². The Balaban J connectivity index is 1.03. The molecule has 0 spiro atoms. The van der Waals surface area contributed by atoms with Crippen LogP contribution in [0.4, 0.5) is 16.2 Å². The van der Waals surface area contributed by atoms with E-state index in [4.69, 9.17) is 29.2 Å². The number of unbranched alkanes of at least 4 members (excludes halogenated alkanes) is 4. The van der Waals surface area contributed by atoms with Crippen molar-refractivity contribution in [3.05, 3.63) is 159 Å². The maximum Gasteiger partial charge on any atom is 0.407 e. The fraction of sp³-hybridized carbons (Fsp3) is 0.458. The van der Waals surface area contributed by atoms with Crippen molar-refractivity contribution in [1.29, 1.82) is 0 Å². The second kappa shape index (κ2) is 27.5. The predicted molar refractivity (Wildman–Crippen MR) is 295 cm³/mol. The molecule has 15 nitrogen and oxygen atoms in total. The van der Waals surface area contributed by atoms with Crippen LogP contribution in [0.2, 0.25) is 0 Å². The monoisotopic (exact) mass is 1040 g/mol. The van der Waals surface area contributed by atoms with E-state index in [1.165, 1.54) is 33.3 Å². The third-order valence-corrected chi connectivity index (χ3v) is 14.9. The molecule has 2 aliphatic heterocycles. The van der Waals surface area contributed by atoms with Crippen molar-refractivity contribution in [2.75, 3.05) is 83.1 Å². The van der Waals surface area contributed by atoms with Crippen molar-refractivity contribution >= 4 is 44.1 Å². The third-order valence-electron chi connectivity index (χ3n) is 14.1. The fourth-order valence-corrected chi connectivity index (χ4v) is 10.9. The molecule has 4 aromatic carbocycles. The number of carbonyl (C=O) groups is 1. The highest BCUT2D eigenvalue weighted by Gasteiger charge is 2.44. The fourth-order valence-electron chi connectivity index (χ4n) is 10.4. The van der Waals surface area contributed by atoms with Crippen LogP contribution < -0.4 is 15.0 Å². The standard InChI is InChI=1S/C59H74N6O9S/c1-58(2)50-25-12-13-26-51(50)64(36-15-17-44-75(67,68)69)53(58)31-28-46-20-18-21-47(56(46)74-48-22-8-7-9-23-48)29-32-54-59(3,4)55-49-24-11-10-19-45(49)27-30-52(55)65(54)35-14-5-6-16-37-73-57(66)61-33-38-70-40-42-72-43-41-71-39-34-62-63-60/h7-13,19,22-32H,5-6,14-18,20-21,33-44H2,1-4H3,(H-,61,66,67,68,69). The van der Waals surface area contributed by atoms with Gasteiger partial charge in [-0.3, -0.25) is 0 Å². The molecule has 0 fully saturated rings. The number of carbonyl (C=O) groups excluding carboxylic acids is 1. The summed E-state index contributed by atoms with van der Waals surface area (Å²) < 4.78 is 65.3. The maximum absolute atomic E-state index is 12.3. The minimum Gasteiger partial charge on any atom is -0.748 e. The van der Waals surface area contributed by atoms with Crippen LogP contribution in [-0.2, 0) is 39.9 Å². The number of ether oxygens (including phenoxy) is 5. The minimum atomic E-state index is -4.29. The molecule has 1 amide bonds. The smallest absolute Gasteiger partial charge is 0.407 e. The van der Waals surface area contributed by atoms with Gasteiger partial charge in [-0.05, 0) is 122 Å². The molecular weight excluding hydrogens is 969 g/mol. The molecule has 0 saturated heterocycles. The van der Waals surface area contributed by atoms with Crippen LogP contribution in [-0.4, -0.2) is 108 Å². The van der Waals surface area contributed by atoms with Crippen LogP contribution in [0, 0.1) is 0 Å². The molecular formula is C59H74N6O9S. The van der Waals surface area contributed by atoms with Crippen molar-refractivity contribution < 1.29 is 46.0 Å². The van der Waals surface area contributed by atoms with Crippen LogP contribution in [0.5, 0.6) is 5.75 Å². The summed E-state index contributed by atoms with van der Waals surface area (Å²) in [5.74, 6) is 1.26. The first kappa shape index (κ1) is 56.5. The van der Waals surface area contributed by atoms with E-state index >= 15 is 0 Å². The van der Waals surface area contributed by atoms with Gasteiger partial charge in [0.1, 0.15) is 18.1 Å². The Hall–Kier alpha value is -6.26. The quantitative estimate of drug-likeness (QED) is 0.0137. The molecule has 16 heteroatoms. The second-order valence-electron chi connectivity index (χ2n) is 20.1. The summed E-state index contributed by atoms with van der Waals surface area (Å²) in [6.45, 7) is 13.9. The molecule has 0 bridgehead atoms. The summed E-state index contributed by atoms with van der Waals surface area (Å²) in [5.41, 5.74) is 17.1. The van der Waals surface area contributed by atoms with Gasteiger partial charge in [0, 0.05) is 71.2 Å². The van der Waals surface area contributed by atoms with Crippen LogP contribution in [0.1, 0.15) is 96.6 Å². The summed E-state index contributed by atoms with van der Waals surface area (Å²) in [7, 11) is -4.29. The molecule has 4 aromatic rings. The van der Waals surface area contributed by atoms with Crippen LogP contribution >= 0.6 is 0 Å². The number of alkyl carbamates (subject to hydrolysis) is 1. The van der Waals surface area contributed by atoms with E-state index in [1.54, 1.807) is 0 Å². The molecule has 0 aromatic heterocycles.